The monoisotopic (exact) mass is 287 g/mol. The second kappa shape index (κ2) is 8.21. The Bertz CT molecular complexity index is 334. The van der Waals surface area contributed by atoms with Gasteiger partial charge in [0.15, 0.2) is 0 Å². The fraction of sp³-hybridized carbons (Fsp3) is 0.857. The summed E-state index contributed by atoms with van der Waals surface area (Å²) in [6.45, 7) is 4.77. The number of aliphatic carboxylic acids is 1. The first-order valence-electron chi connectivity index (χ1n) is 7.16. The van der Waals surface area contributed by atoms with Gasteiger partial charge in [0.05, 0.1) is 12.5 Å². The van der Waals surface area contributed by atoms with Crippen LogP contribution in [0.3, 0.4) is 0 Å². The minimum Gasteiger partial charge on any atom is -0.481 e. The van der Waals surface area contributed by atoms with Crippen LogP contribution in [0.5, 0.6) is 0 Å². The highest BCUT2D eigenvalue weighted by Gasteiger charge is 2.38. The van der Waals surface area contributed by atoms with Gasteiger partial charge in [-0.1, -0.05) is 13.3 Å². The van der Waals surface area contributed by atoms with E-state index in [-0.39, 0.29) is 24.5 Å². The summed E-state index contributed by atoms with van der Waals surface area (Å²) in [7, 11) is 1.58. The summed E-state index contributed by atoms with van der Waals surface area (Å²) in [6, 6.07) is -0.304. The molecule has 0 aliphatic carbocycles. The Hall–Kier alpha value is -1.14. The summed E-state index contributed by atoms with van der Waals surface area (Å²) in [5, 5.41) is 8.93. The molecule has 0 aromatic heterocycles. The topological polar surface area (TPSA) is 76.1 Å². The Morgan fingerprint density at radius 1 is 1.45 bits per heavy atom. The van der Waals surface area contributed by atoms with Gasteiger partial charge < -0.3 is 19.5 Å². The van der Waals surface area contributed by atoms with Gasteiger partial charge in [-0.3, -0.25) is 9.59 Å². The van der Waals surface area contributed by atoms with Crippen LogP contribution >= 0.6 is 0 Å². The van der Waals surface area contributed by atoms with Crippen molar-refractivity contribution in [1.29, 1.82) is 0 Å². The van der Waals surface area contributed by atoms with Crippen molar-refractivity contribution in [2.45, 2.75) is 57.8 Å². The quantitative estimate of drug-likeness (QED) is 0.681. The molecule has 3 atom stereocenters. The van der Waals surface area contributed by atoms with Gasteiger partial charge in [-0.05, 0) is 19.8 Å². The summed E-state index contributed by atoms with van der Waals surface area (Å²) in [5.74, 6) is -1.05. The molecule has 0 aromatic carbocycles. The van der Waals surface area contributed by atoms with Gasteiger partial charge >= 0.3 is 5.97 Å². The molecular weight excluding hydrogens is 262 g/mol. The SMILES string of the molecule is CCCCOC(C)C(=O)N1CC(OC)CC1CC(=O)O. The van der Waals surface area contributed by atoms with E-state index < -0.39 is 12.1 Å². The van der Waals surface area contributed by atoms with Crippen molar-refractivity contribution in [3.05, 3.63) is 0 Å². The second-order valence-corrected chi connectivity index (χ2v) is 5.20. The Kier molecular flexibility index (Phi) is 6.95. The highest BCUT2D eigenvalue weighted by molar-refractivity contribution is 5.82. The number of ether oxygens (including phenoxy) is 2. The predicted octanol–water partition coefficient (Wildman–Crippen LogP) is 1.28. The fourth-order valence-electron chi connectivity index (χ4n) is 2.42. The molecule has 1 heterocycles. The van der Waals surface area contributed by atoms with Crippen LogP contribution in [-0.4, -0.2) is 60.4 Å². The molecule has 1 rings (SSSR count). The zero-order valence-corrected chi connectivity index (χ0v) is 12.5. The number of hydrogen-bond donors (Lipinski definition) is 1. The van der Waals surface area contributed by atoms with Crippen molar-refractivity contribution in [3.63, 3.8) is 0 Å². The molecule has 0 aromatic rings. The standard InChI is InChI=1S/C14H25NO5/c1-4-5-6-20-10(2)14(18)15-9-12(19-3)7-11(15)8-13(16)17/h10-12H,4-9H2,1-3H3,(H,16,17). The van der Waals surface area contributed by atoms with Crippen molar-refractivity contribution in [2.75, 3.05) is 20.3 Å². The number of carboxylic acids is 1. The summed E-state index contributed by atoms with van der Waals surface area (Å²) < 4.78 is 10.8. The van der Waals surface area contributed by atoms with Crippen LogP contribution in [0.25, 0.3) is 0 Å². The largest absolute Gasteiger partial charge is 0.481 e. The molecule has 6 heteroatoms. The molecule has 1 N–H and O–H groups in total. The second-order valence-electron chi connectivity index (χ2n) is 5.20. The Morgan fingerprint density at radius 2 is 2.15 bits per heavy atom. The minimum absolute atomic E-state index is 0.0483. The van der Waals surface area contributed by atoms with Gasteiger partial charge in [0.2, 0.25) is 0 Å². The average molecular weight is 287 g/mol. The lowest BCUT2D eigenvalue weighted by Gasteiger charge is -2.26. The number of nitrogens with zero attached hydrogens (tertiary/aromatic N) is 1. The lowest BCUT2D eigenvalue weighted by atomic mass is 10.1. The Labute approximate surface area is 120 Å². The van der Waals surface area contributed by atoms with Crippen LogP contribution in [0.4, 0.5) is 0 Å². The average Bonchev–Trinajstić information content (AvgIpc) is 2.80. The molecule has 3 unspecified atom stereocenters. The van der Waals surface area contributed by atoms with Crippen molar-refractivity contribution < 1.29 is 24.2 Å². The van der Waals surface area contributed by atoms with Gasteiger partial charge in [0, 0.05) is 26.3 Å². The van der Waals surface area contributed by atoms with Gasteiger partial charge in [-0.2, -0.15) is 0 Å². The first-order chi connectivity index (χ1) is 9.49. The number of hydrogen-bond acceptors (Lipinski definition) is 4. The number of likely N-dealkylation sites (tertiary alicyclic amines) is 1. The summed E-state index contributed by atoms with van der Waals surface area (Å²) in [5.41, 5.74) is 0. The van der Waals surface area contributed by atoms with E-state index >= 15 is 0 Å². The first kappa shape index (κ1) is 16.9. The van der Waals surface area contributed by atoms with Gasteiger partial charge in [-0.15, -0.1) is 0 Å². The van der Waals surface area contributed by atoms with E-state index in [4.69, 9.17) is 14.6 Å². The number of carbonyl (C=O) groups is 2. The van der Waals surface area contributed by atoms with Gasteiger partial charge in [-0.25, -0.2) is 0 Å². The van der Waals surface area contributed by atoms with E-state index in [1.165, 1.54) is 0 Å². The molecule has 0 spiro atoms. The zero-order valence-electron chi connectivity index (χ0n) is 12.5. The third-order valence-electron chi connectivity index (χ3n) is 3.62. The number of methoxy groups -OCH3 is 1. The van der Waals surface area contributed by atoms with E-state index in [1.807, 2.05) is 0 Å². The Morgan fingerprint density at radius 3 is 2.70 bits per heavy atom. The molecule has 1 aliphatic rings. The van der Waals surface area contributed by atoms with Crippen LogP contribution in [0.15, 0.2) is 0 Å². The third-order valence-corrected chi connectivity index (χ3v) is 3.62. The van der Waals surface area contributed by atoms with Crippen molar-refractivity contribution >= 4 is 11.9 Å². The highest BCUT2D eigenvalue weighted by Crippen LogP contribution is 2.24. The maximum Gasteiger partial charge on any atom is 0.305 e. The van der Waals surface area contributed by atoms with E-state index in [1.54, 1.807) is 18.9 Å². The van der Waals surface area contributed by atoms with Crippen molar-refractivity contribution in [1.82, 2.24) is 4.90 Å². The predicted molar refractivity (Wildman–Crippen MR) is 73.5 cm³/mol. The number of amides is 1. The van der Waals surface area contributed by atoms with Crippen LogP contribution < -0.4 is 0 Å². The molecule has 6 nitrogen and oxygen atoms in total. The molecule has 1 saturated heterocycles. The first-order valence-corrected chi connectivity index (χ1v) is 7.16. The van der Waals surface area contributed by atoms with Crippen LogP contribution in [0.1, 0.15) is 39.5 Å². The maximum atomic E-state index is 12.3. The molecule has 0 saturated carbocycles. The third kappa shape index (κ3) is 4.76. The van der Waals surface area contributed by atoms with E-state index in [0.717, 1.165) is 12.8 Å². The molecule has 1 aliphatic heterocycles. The fourth-order valence-corrected chi connectivity index (χ4v) is 2.42. The molecule has 1 fully saturated rings. The van der Waals surface area contributed by atoms with Crippen molar-refractivity contribution in [2.24, 2.45) is 0 Å². The van der Waals surface area contributed by atoms with Crippen LogP contribution in [0, 0.1) is 0 Å². The van der Waals surface area contributed by atoms with Crippen molar-refractivity contribution in [3.8, 4) is 0 Å². The molecule has 20 heavy (non-hydrogen) atoms. The summed E-state index contributed by atoms with van der Waals surface area (Å²) in [6.07, 6.45) is 1.82. The van der Waals surface area contributed by atoms with Crippen LogP contribution in [0.2, 0.25) is 0 Å². The van der Waals surface area contributed by atoms with Gasteiger partial charge in [0.1, 0.15) is 6.10 Å². The minimum atomic E-state index is -0.899. The lowest BCUT2D eigenvalue weighted by Crippen LogP contribution is -2.43. The van der Waals surface area contributed by atoms with E-state index in [9.17, 15) is 9.59 Å². The lowest BCUT2D eigenvalue weighted by molar-refractivity contribution is -0.146. The summed E-state index contributed by atoms with van der Waals surface area (Å²) in [4.78, 5) is 24.8. The Balaban J connectivity index is 2.60. The van der Waals surface area contributed by atoms with Gasteiger partial charge in [0.25, 0.3) is 5.91 Å². The normalized spacial score (nSPS) is 23.9. The molecule has 116 valence electrons. The number of rotatable bonds is 8. The molecule has 1 amide bonds. The smallest absolute Gasteiger partial charge is 0.305 e. The molecule has 0 bridgehead atoms. The molecular formula is C14H25NO5. The number of carboxylic acid groups (broad SMARTS) is 1. The number of unbranched alkanes of at least 4 members (excludes halogenated alkanes) is 1. The maximum absolute atomic E-state index is 12.3. The van der Waals surface area contributed by atoms with Crippen LogP contribution in [-0.2, 0) is 19.1 Å². The van der Waals surface area contributed by atoms with E-state index in [2.05, 4.69) is 6.92 Å². The summed E-state index contributed by atoms with van der Waals surface area (Å²) >= 11 is 0. The zero-order chi connectivity index (χ0) is 15.1. The number of carbonyl (C=O) groups excluding carboxylic acids is 1. The van der Waals surface area contributed by atoms with E-state index in [0.29, 0.717) is 19.6 Å². The highest BCUT2D eigenvalue weighted by atomic mass is 16.5. The molecule has 0 radical (unpaired) electrons.